The second-order valence-corrected chi connectivity index (χ2v) is 8.21. The molecule has 0 unspecified atom stereocenters. The lowest BCUT2D eigenvalue weighted by atomic mass is 9.77. The molecule has 3 atom stereocenters. The molecule has 1 aromatic carbocycles. The number of hydrogen-bond donors (Lipinski definition) is 1. The number of nitrogens with zero attached hydrogens (tertiary/aromatic N) is 1. The molecule has 2 heterocycles. The Morgan fingerprint density at radius 1 is 1.29 bits per heavy atom. The summed E-state index contributed by atoms with van der Waals surface area (Å²) < 4.78 is 0. The van der Waals surface area contributed by atoms with Gasteiger partial charge in [0, 0.05) is 29.2 Å². The molecule has 0 radical (unpaired) electrons. The minimum atomic E-state index is -0.429. The Labute approximate surface area is 161 Å². The van der Waals surface area contributed by atoms with E-state index in [9.17, 15) is 5.11 Å². The third-order valence-corrected chi connectivity index (χ3v) is 6.26. The van der Waals surface area contributed by atoms with Gasteiger partial charge in [-0.3, -0.25) is 4.90 Å². The van der Waals surface area contributed by atoms with E-state index in [2.05, 4.69) is 17.9 Å². The molecule has 5 heteroatoms. The van der Waals surface area contributed by atoms with Crippen molar-refractivity contribution in [2.24, 2.45) is 0 Å². The summed E-state index contributed by atoms with van der Waals surface area (Å²) in [6.45, 7) is 4.25. The fourth-order valence-corrected chi connectivity index (χ4v) is 4.88. The molecule has 3 rings (SSSR count). The molecule has 0 spiro atoms. The Kier molecular flexibility index (Phi) is 7.28. The van der Waals surface area contributed by atoms with E-state index in [1.54, 1.807) is 0 Å². The molecule has 2 aliphatic rings. The molecule has 1 aromatic rings. The largest absolute Gasteiger partial charge is 0.390 e. The monoisotopic (exact) mass is 391 g/mol. The van der Waals surface area contributed by atoms with Gasteiger partial charge in [-0.2, -0.15) is 0 Å². The molecule has 2 nitrogen and oxygen atoms in total. The Morgan fingerprint density at radius 3 is 2.79 bits per heavy atom. The number of unbranched alkanes of at least 4 members (excludes halogenated alkanes) is 1. The normalized spacial score (nSPS) is 30.5. The number of halogens is 3. The fourth-order valence-electron chi connectivity index (χ4n) is 4.32. The smallest absolute Gasteiger partial charge is 0.0674 e. The zero-order valence-electron chi connectivity index (χ0n) is 14.3. The highest BCUT2D eigenvalue weighted by molar-refractivity contribution is 6.35. The van der Waals surface area contributed by atoms with Crippen LogP contribution in [0.2, 0.25) is 10.0 Å². The Balaban J connectivity index is 0.00000208. The standard InChI is InChI=1S/C19H27Cl2NO.ClH/c1-2-3-8-19(23)9-10-22-13-14(4-6-16(22)12-19)17-7-5-15(20)11-18(17)21;/h5,7,11,14,16,23H,2-4,6,8-10,12-13H2,1H3;1H/t14-,16+,19-;/m0./s1. The molecule has 24 heavy (non-hydrogen) atoms. The lowest BCUT2D eigenvalue weighted by molar-refractivity contribution is -0.0650. The molecule has 0 aromatic heterocycles. The zero-order valence-corrected chi connectivity index (χ0v) is 16.6. The van der Waals surface area contributed by atoms with Crippen molar-refractivity contribution in [2.75, 3.05) is 13.1 Å². The quantitative estimate of drug-likeness (QED) is 0.712. The Morgan fingerprint density at radius 2 is 2.08 bits per heavy atom. The van der Waals surface area contributed by atoms with Crippen LogP contribution in [0.3, 0.4) is 0 Å². The number of hydrogen-bond acceptors (Lipinski definition) is 2. The Hall–Kier alpha value is 0.01000. The van der Waals surface area contributed by atoms with Crippen LogP contribution in [0.5, 0.6) is 0 Å². The molecule has 0 amide bonds. The maximum absolute atomic E-state index is 10.8. The van der Waals surface area contributed by atoms with Crippen LogP contribution in [-0.4, -0.2) is 34.7 Å². The second-order valence-electron chi connectivity index (χ2n) is 7.37. The summed E-state index contributed by atoms with van der Waals surface area (Å²) in [6, 6.07) is 6.41. The maximum Gasteiger partial charge on any atom is 0.0674 e. The summed E-state index contributed by atoms with van der Waals surface area (Å²) in [5.74, 6) is 0.484. The molecule has 2 aliphatic heterocycles. The minimum Gasteiger partial charge on any atom is -0.390 e. The van der Waals surface area contributed by atoms with Gasteiger partial charge in [0.05, 0.1) is 5.60 Å². The highest BCUT2D eigenvalue weighted by atomic mass is 35.5. The summed E-state index contributed by atoms with van der Waals surface area (Å²) in [5.41, 5.74) is 0.795. The van der Waals surface area contributed by atoms with Gasteiger partial charge in [0.1, 0.15) is 0 Å². The van der Waals surface area contributed by atoms with E-state index >= 15 is 0 Å². The van der Waals surface area contributed by atoms with Crippen LogP contribution < -0.4 is 0 Å². The lowest BCUT2D eigenvalue weighted by Gasteiger charge is -2.48. The first-order valence-electron chi connectivity index (χ1n) is 8.92. The molecule has 0 aliphatic carbocycles. The van der Waals surface area contributed by atoms with E-state index in [1.807, 2.05) is 12.1 Å². The van der Waals surface area contributed by atoms with E-state index < -0.39 is 5.60 Å². The molecule has 2 fully saturated rings. The zero-order chi connectivity index (χ0) is 16.4. The first kappa shape index (κ1) is 20.3. The molecule has 0 saturated carbocycles. The van der Waals surface area contributed by atoms with Gasteiger partial charge in [-0.05, 0) is 55.7 Å². The van der Waals surface area contributed by atoms with Gasteiger partial charge in [-0.1, -0.05) is 49.0 Å². The average molecular weight is 393 g/mol. The minimum absolute atomic E-state index is 0. The molecule has 136 valence electrons. The number of benzene rings is 1. The Bertz CT molecular complexity index is 553. The van der Waals surface area contributed by atoms with Crippen molar-refractivity contribution < 1.29 is 5.11 Å². The van der Waals surface area contributed by atoms with Crippen molar-refractivity contribution >= 4 is 35.6 Å². The number of aliphatic hydroxyl groups is 1. The van der Waals surface area contributed by atoms with E-state index in [4.69, 9.17) is 23.2 Å². The number of rotatable bonds is 4. The summed E-state index contributed by atoms with van der Waals surface area (Å²) in [7, 11) is 0. The summed E-state index contributed by atoms with van der Waals surface area (Å²) >= 11 is 12.4. The third-order valence-electron chi connectivity index (χ3n) is 5.70. The summed E-state index contributed by atoms with van der Waals surface area (Å²) in [6.07, 6.45) is 7.39. The van der Waals surface area contributed by atoms with Crippen molar-refractivity contribution in [1.29, 1.82) is 0 Å². The lowest BCUT2D eigenvalue weighted by Crippen LogP contribution is -2.53. The highest BCUT2D eigenvalue weighted by Gasteiger charge is 2.40. The molecular weight excluding hydrogens is 365 g/mol. The number of piperidine rings is 2. The van der Waals surface area contributed by atoms with Gasteiger partial charge >= 0.3 is 0 Å². The third kappa shape index (κ3) is 4.59. The summed E-state index contributed by atoms with van der Waals surface area (Å²) in [4.78, 5) is 2.57. The van der Waals surface area contributed by atoms with Crippen LogP contribution in [0.4, 0.5) is 0 Å². The van der Waals surface area contributed by atoms with E-state index in [0.717, 1.165) is 63.1 Å². The highest BCUT2D eigenvalue weighted by Crippen LogP contribution is 2.40. The van der Waals surface area contributed by atoms with Crippen LogP contribution in [0, 0.1) is 0 Å². The van der Waals surface area contributed by atoms with E-state index in [0.29, 0.717) is 17.0 Å². The second kappa shape index (κ2) is 8.60. The van der Waals surface area contributed by atoms with Crippen molar-refractivity contribution in [3.8, 4) is 0 Å². The van der Waals surface area contributed by atoms with Gasteiger partial charge in [-0.15, -0.1) is 12.4 Å². The van der Waals surface area contributed by atoms with Crippen molar-refractivity contribution in [1.82, 2.24) is 4.90 Å². The maximum atomic E-state index is 10.8. The van der Waals surface area contributed by atoms with Gasteiger partial charge in [-0.25, -0.2) is 0 Å². The first-order chi connectivity index (χ1) is 11.0. The van der Waals surface area contributed by atoms with E-state index in [-0.39, 0.29) is 12.4 Å². The van der Waals surface area contributed by atoms with Crippen molar-refractivity contribution in [3.05, 3.63) is 33.8 Å². The number of fused-ring (bicyclic) bond motifs is 1. The molecular formula is C19H28Cl3NO. The molecule has 2 saturated heterocycles. The predicted octanol–water partition coefficient (Wildman–Crippen LogP) is 5.68. The van der Waals surface area contributed by atoms with E-state index in [1.165, 1.54) is 5.56 Å². The van der Waals surface area contributed by atoms with Gasteiger partial charge in [0.25, 0.3) is 0 Å². The first-order valence-corrected chi connectivity index (χ1v) is 9.68. The van der Waals surface area contributed by atoms with Gasteiger partial charge in [0.2, 0.25) is 0 Å². The van der Waals surface area contributed by atoms with Crippen LogP contribution in [0.1, 0.15) is 63.4 Å². The fraction of sp³-hybridized carbons (Fsp3) is 0.684. The molecule has 1 N–H and O–H groups in total. The van der Waals surface area contributed by atoms with Gasteiger partial charge in [0.15, 0.2) is 0 Å². The van der Waals surface area contributed by atoms with Crippen molar-refractivity contribution in [2.45, 2.75) is 69.4 Å². The van der Waals surface area contributed by atoms with Crippen molar-refractivity contribution in [3.63, 3.8) is 0 Å². The summed E-state index contributed by atoms with van der Waals surface area (Å²) in [5, 5.41) is 12.3. The SMILES string of the molecule is CCCC[C@]1(O)CCN2C[C@@H](c3ccc(Cl)cc3Cl)CC[C@@H]2C1.Cl. The molecule has 0 bridgehead atoms. The van der Waals surface area contributed by atoms with Crippen LogP contribution in [-0.2, 0) is 0 Å². The van der Waals surface area contributed by atoms with Gasteiger partial charge < -0.3 is 5.11 Å². The topological polar surface area (TPSA) is 23.5 Å². The van der Waals surface area contributed by atoms with Crippen LogP contribution >= 0.6 is 35.6 Å². The predicted molar refractivity (Wildman–Crippen MR) is 105 cm³/mol. The van der Waals surface area contributed by atoms with Crippen LogP contribution in [0.15, 0.2) is 18.2 Å². The average Bonchev–Trinajstić information content (AvgIpc) is 2.53. The van der Waals surface area contributed by atoms with Crippen LogP contribution in [0.25, 0.3) is 0 Å².